The van der Waals surface area contributed by atoms with E-state index in [0.29, 0.717) is 0 Å². The molecule has 123 valence electrons. The van der Waals surface area contributed by atoms with Crippen LogP contribution in [-0.2, 0) is 21.1 Å². The molecular formula is C15H15BN7Pt. The summed E-state index contributed by atoms with van der Waals surface area (Å²) in [5, 5.41) is 13.8. The zero-order valence-electron chi connectivity index (χ0n) is 13.0. The Labute approximate surface area is 156 Å². The van der Waals surface area contributed by atoms with E-state index in [1.165, 1.54) is 0 Å². The number of anilines is 1. The molecule has 1 aliphatic rings. The first-order valence-electron chi connectivity index (χ1n) is 7.01. The van der Waals surface area contributed by atoms with E-state index in [-0.39, 0.29) is 21.1 Å². The van der Waals surface area contributed by atoms with Crippen molar-refractivity contribution in [2.24, 2.45) is 5.10 Å². The molecule has 2 aromatic heterocycles. The molecule has 0 spiro atoms. The number of para-hydroxylation sites is 1. The summed E-state index contributed by atoms with van der Waals surface area (Å²) in [4.78, 5) is 1.92. The molecule has 0 amide bonds. The van der Waals surface area contributed by atoms with Crippen LogP contribution < -0.4 is 4.90 Å². The van der Waals surface area contributed by atoms with Crippen molar-refractivity contribution in [1.29, 1.82) is 0 Å². The van der Waals surface area contributed by atoms with E-state index in [0.717, 1.165) is 5.69 Å². The molecule has 0 aliphatic carbocycles. The molecule has 0 fully saturated rings. The Kier molecular flexibility index (Phi) is 6.81. The Morgan fingerprint density at radius 3 is 2.21 bits per heavy atom. The largest absolute Gasteiger partial charge is 2.00 e. The fraction of sp³-hybridized carbons (Fsp3) is 0.0667. The zero-order chi connectivity index (χ0) is 15.9. The Balaban J connectivity index is 0.000000167. The maximum absolute atomic E-state index is 4.05. The first kappa shape index (κ1) is 18.0. The van der Waals surface area contributed by atoms with Gasteiger partial charge in [0, 0.05) is 24.8 Å². The van der Waals surface area contributed by atoms with E-state index in [2.05, 4.69) is 21.4 Å². The fourth-order valence-electron chi connectivity index (χ4n) is 1.86. The van der Waals surface area contributed by atoms with Crippen molar-refractivity contribution in [3.8, 4) is 0 Å². The Morgan fingerprint density at radius 2 is 1.75 bits per heavy atom. The number of hydrogen-bond donors (Lipinski definition) is 0. The predicted molar refractivity (Wildman–Crippen MR) is 89.3 cm³/mol. The van der Waals surface area contributed by atoms with Gasteiger partial charge in [0.15, 0.2) is 0 Å². The van der Waals surface area contributed by atoms with Gasteiger partial charge in [-0.05, 0) is 19.2 Å². The number of hydrazone groups is 1. The van der Waals surface area contributed by atoms with Crippen molar-refractivity contribution in [3.63, 3.8) is 0 Å². The van der Waals surface area contributed by atoms with Gasteiger partial charge in [-0.1, -0.05) is 0 Å². The van der Waals surface area contributed by atoms with Crippen molar-refractivity contribution in [2.75, 3.05) is 11.9 Å². The molecule has 0 bridgehead atoms. The van der Waals surface area contributed by atoms with Gasteiger partial charge in [-0.2, -0.15) is 40.5 Å². The average molecular weight is 499 g/mol. The molecule has 24 heavy (non-hydrogen) atoms. The van der Waals surface area contributed by atoms with Gasteiger partial charge in [-0.25, -0.2) is 5.10 Å². The Hall–Kier alpha value is -2.34. The third-order valence-electron chi connectivity index (χ3n) is 2.91. The number of benzene rings is 1. The van der Waals surface area contributed by atoms with Crippen LogP contribution in [-0.4, -0.2) is 45.3 Å². The minimum Gasteiger partial charge on any atom is -0.483 e. The second-order valence-corrected chi connectivity index (χ2v) is 4.66. The van der Waals surface area contributed by atoms with E-state index < -0.39 is 0 Å². The third-order valence-corrected chi connectivity index (χ3v) is 2.91. The summed E-state index contributed by atoms with van der Waals surface area (Å²) in [5.74, 6) is 0. The van der Waals surface area contributed by atoms with Crippen LogP contribution in [0.25, 0.3) is 0 Å². The number of hydrogen-bond acceptors (Lipinski definition) is 5. The van der Waals surface area contributed by atoms with Gasteiger partial charge >= 0.3 is 28.6 Å². The number of nitrogens with zero attached hydrogens (tertiary/aromatic N) is 7. The topological polar surface area (TPSA) is 54.5 Å². The van der Waals surface area contributed by atoms with Crippen LogP contribution in [0.5, 0.6) is 0 Å². The van der Waals surface area contributed by atoms with Crippen LogP contribution >= 0.6 is 0 Å². The molecule has 3 aromatic rings. The molecule has 0 unspecified atom stereocenters. The van der Waals surface area contributed by atoms with Crippen molar-refractivity contribution in [3.05, 3.63) is 73.9 Å². The van der Waals surface area contributed by atoms with Crippen LogP contribution in [0.2, 0.25) is 0 Å². The second-order valence-electron chi connectivity index (χ2n) is 4.66. The van der Waals surface area contributed by atoms with Crippen LogP contribution in [0.3, 0.4) is 0 Å². The smallest absolute Gasteiger partial charge is 0.483 e. The quantitative estimate of drug-likeness (QED) is 0.403. The standard InChI is InChI=1S/C9H9N3.C6H6BN4.Pt/c1-11-8-12(7-10-11)9-5-3-2-4-6-9;1-3-8-10(5-1)7-11-6-2-4-9-11;/h2-5,7-8H,1H3;1-6H;/q-2;;+2. The summed E-state index contributed by atoms with van der Waals surface area (Å²) in [6, 6.07) is 14.6. The zero-order valence-corrected chi connectivity index (χ0v) is 15.2. The van der Waals surface area contributed by atoms with E-state index in [4.69, 9.17) is 0 Å². The van der Waals surface area contributed by atoms with E-state index in [1.807, 2.05) is 67.4 Å². The van der Waals surface area contributed by atoms with Gasteiger partial charge in [0.1, 0.15) is 0 Å². The minimum absolute atomic E-state index is 0. The SMILES string of the molecule is CN1[CH-]N(c2[c-]cccc2)C=N1.[B](n1cccn1)n1cccn1.[Pt+2]. The summed E-state index contributed by atoms with van der Waals surface area (Å²) in [5.41, 5.74) is 1.01. The maximum Gasteiger partial charge on any atom is 2.00 e. The average Bonchev–Trinajstić information content (AvgIpc) is 3.32. The summed E-state index contributed by atoms with van der Waals surface area (Å²) in [6.07, 6.45) is 8.90. The van der Waals surface area contributed by atoms with Gasteiger partial charge in [-0.15, -0.1) is 12.4 Å². The van der Waals surface area contributed by atoms with Crippen LogP contribution in [0.4, 0.5) is 5.69 Å². The molecule has 0 saturated heterocycles. The minimum atomic E-state index is 0. The summed E-state index contributed by atoms with van der Waals surface area (Å²) < 4.78 is 3.38. The number of aromatic nitrogens is 4. The molecule has 7 nitrogen and oxygen atoms in total. The molecule has 4 rings (SSSR count). The van der Waals surface area contributed by atoms with Crippen molar-refractivity contribution in [2.45, 2.75) is 0 Å². The summed E-state index contributed by atoms with van der Waals surface area (Å²) >= 11 is 0. The van der Waals surface area contributed by atoms with E-state index in [1.54, 1.807) is 40.5 Å². The predicted octanol–water partition coefficient (Wildman–Crippen LogP) is 1.31. The van der Waals surface area contributed by atoms with Gasteiger partial charge in [-0.3, -0.25) is 9.19 Å². The molecule has 3 heterocycles. The van der Waals surface area contributed by atoms with Crippen LogP contribution in [0, 0.1) is 12.7 Å². The van der Waals surface area contributed by atoms with Gasteiger partial charge in [0.05, 0.1) is 6.34 Å². The van der Waals surface area contributed by atoms with E-state index in [9.17, 15) is 0 Å². The van der Waals surface area contributed by atoms with Crippen molar-refractivity contribution >= 4 is 19.6 Å². The fourth-order valence-corrected chi connectivity index (χ4v) is 1.86. The second kappa shape index (κ2) is 9.08. The molecule has 0 saturated carbocycles. The first-order chi connectivity index (χ1) is 11.3. The van der Waals surface area contributed by atoms with Gasteiger partial charge in [0.25, 0.3) is 0 Å². The Morgan fingerprint density at radius 1 is 1.04 bits per heavy atom. The van der Waals surface area contributed by atoms with Crippen LogP contribution in [0.15, 0.2) is 66.3 Å². The summed E-state index contributed by atoms with van der Waals surface area (Å²) in [6.45, 7) is 1.89. The molecule has 1 aliphatic heterocycles. The molecule has 1 radical (unpaired) electrons. The Bertz CT molecular complexity index is 683. The summed E-state index contributed by atoms with van der Waals surface area (Å²) in [7, 11) is 3.67. The molecule has 9 heteroatoms. The maximum atomic E-state index is 4.05. The number of rotatable bonds is 3. The monoisotopic (exact) mass is 499 g/mol. The molecular weight excluding hydrogens is 484 g/mol. The van der Waals surface area contributed by atoms with Crippen LogP contribution in [0.1, 0.15) is 0 Å². The molecule has 0 N–H and O–H groups in total. The third kappa shape index (κ3) is 5.10. The first-order valence-corrected chi connectivity index (χ1v) is 7.01. The van der Waals surface area contributed by atoms with Crippen molar-refractivity contribution < 1.29 is 21.1 Å². The van der Waals surface area contributed by atoms with Gasteiger partial charge in [0.2, 0.25) is 0 Å². The van der Waals surface area contributed by atoms with E-state index >= 15 is 0 Å². The molecule has 1 aromatic carbocycles. The normalized spacial score (nSPS) is 12.4. The van der Waals surface area contributed by atoms with Gasteiger partial charge < -0.3 is 9.91 Å². The van der Waals surface area contributed by atoms with Crippen molar-refractivity contribution in [1.82, 2.24) is 24.4 Å². The molecule has 0 atom stereocenters.